The molecule has 0 aliphatic heterocycles. The second-order valence-corrected chi connectivity index (χ2v) is 5.04. The summed E-state index contributed by atoms with van der Waals surface area (Å²) in [6.45, 7) is 0. The zero-order valence-electron chi connectivity index (χ0n) is 11.6. The monoisotopic (exact) mass is 311 g/mol. The van der Waals surface area contributed by atoms with Gasteiger partial charge in [-0.15, -0.1) is 0 Å². The van der Waals surface area contributed by atoms with Crippen molar-refractivity contribution in [3.05, 3.63) is 22.7 Å². The Morgan fingerprint density at radius 3 is 2.48 bits per heavy atom. The first-order chi connectivity index (χ1) is 9.96. The number of rotatable bonds is 4. The second kappa shape index (κ2) is 6.13. The first-order valence-electron chi connectivity index (χ1n) is 6.24. The molecule has 1 saturated carbocycles. The molecule has 0 spiro atoms. The van der Waals surface area contributed by atoms with E-state index in [4.69, 9.17) is 16.3 Å². The van der Waals surface area contributed by atoms with Gasteiger partial charge in [0.25, 0.3) is 0 Å². The lowest BCUT2D eigenvalue weighted by Gasteiger charge is -2.23. The minimum atomic E-state index is -0.570. The Balaban J connectivity index is 2.26. The zero-order valence-corrected chi connectivity index (χ0v) is 12.3. The van der Waals surface area contributed by atoms with Crippen LogP contribution in [0.4, 0.5) is 5.69 Å². The third-order valence-electron chi connectivity index (χ3n) is 3.26. The van der Waals surface area contributed by atoms with Crippen LogP contribution in [0.2, 0.25) is 5.02 Å². The van der Waals surface area contributed by atoms with Crippen LogP contribution in [0.5, 0.6) is 5.75 Å². The van der Waals surface area contributed by atoms with Crippen LogP contribution in [0.1, 0.15) is 23.2 Å². The van der Waals surface area contributed by atoms with E-state index in [-0.39, 0.29) is 52.5 Å². The van der Waals surface area contributed by atoms with Crippen LogP contribution in [-0.2, 0) is 14.3 Å². The maximum absolute atomic E-state index is 12.0. The average Bonchev–Trinajstić information content (AvgIpc) is 2.44. The summed E-state index contributed by atoms with van der Waals surface area (Å²) in [5.41, 5.74) is 0.458. The van der Waals surface area contributed by atoms with Crippen LogP contribution < -0.4 is 10.1 Å². The highest BCUT2D eigenvalue weighted by atomic mass is 35.5. The van der Waals surface area contributed by atoms with Crippen molar-refractivity contribution in [3.8, 4) is 5.75 Å². The van der Waals surface area contributed by atoms with Gasteiger partial charge in [-0.25, -0.2) is 4.79 Å². The fraction of sp³-hybridized carbons (Fsp3) is 0.357. The van der Waals surface area contributed by atoms with E-state index < -0.39 is 5.97 Å². The van der Waals surface area contributed by atoms with Crippen LogP contribution in [0.15, 0.2) is 12.1 Å². The van der Waals surface area contributed by atoms with E-state index in [0.717, 1.165) is 0 Å². The zero-order chi connectivity index (χ0) is 15.6. The number of halogens is 1. The molecular formula is C14H14ClNO5. The number of hydrogen-bond acceptors (Lipinski definition) is 5. The van der Waals surface area contributed by atoms with Gasteiger partial charge in [0.2, 0.25) is 5.91 Å². The number of ketones is 1. The number of carbonyl (C=O) groups excluding carboxylic acids is 3. The van der Waals surface area contributed by atoms with Gasteiger partial charge >= 0.3 is 5.97 Å². The number of amides is 1. The van der Waals surface area contributed by atoms with Gasteiger partial charge in [-0.3, -0.25) is 9.59 Å². The SMILES string of the molecule is COC(=O)c1cc(NC(=O)C2CC(=O)C2)c(Cl)c(OC)c1. The van der Waals surface area contributed by atoms with Crippen molar-refractivity contribution in [3.63, 3.8) is 0 Å². The van der Waals surface area contributed by atoms with E-state index in [1.807, 2.05) is 0 Å². The molecule has 1 aromatic rings. The summed E-state index contributed by atoms with van der Waals surface area (Å²) < 4.78 is 9.71. The van der Waals surface area contributed by atoms with Crippen LogP contribution in [0, 0.1) is 5.92 Å². The molecule has 6 nitrogen and oxygen atoms in total. The highest BCUT2D eigenvalue weighted by molar-refractivity contribution is 6.35. The van der Waals surface area contributed by atoms with Crippen molar-refractivity contribution < 1.29 is 23.9 Å². The lowest BCUT2D eigenvalue weighted by Crippen LogP contribution is -2.34. The van der Waals surface area contributed by atoms with Gasteiger partial charge in [0.05, 0.1) is 31.4 Å². The van der Waals surface area contributed by atoms with Gasteiger partial charge in [0, 0.05) is 12.8 Å². The molecular weight excluding hydrogens is 298 g/mol. The van der Waals surface area contributed by atoms with Crippen molar-refractivity contribution in [2.45, 2.75) is 12.8 Å². The lowest BCUT2D eigenvalue weighted by atomic mass is 9.83. The quantitative estimate of drug-likeness (QED) is 0.861. The number of anilines is 1. The number of hydrogen-bond donors (Lipinski definition) is 1. The highest BCUT2D eigenvalue weighted by Gasteiger charge is 2.33. The van der Waals surface area contributed by atoms with Crippen LogP contribution >= 0.6 is 11.6 Å². The van der Waals surface area contributed by atoms with E-state index >= 15 is 0 Å². The molecule has 1 aliphatic carbocycles. The molecule has 2 rings (SSSR count). The normalized spacial score (nSPS) is 14.3. The topological polar surface area (TPSA) is 81.7 Å². The molecule has 21 heavy (non-hydrogen) atoms. The van der Waals surface area contributed by atoms with E-state index in [0.29, 0.717) is 0 Å². The van der Waals surface area contributed by atoms with Gasteiger partial charge in [0.1, 0.15) is 16.6 Å². The molecule has 1 aromatic carbocycles. The van der Waals surface area contributed by atoms with E-state index in [2.05, 4.69) is 10.1 Å². The molecule has 7 heteroatoms. The largest absolute Gasteiger partial charge is 0.495 e. The fourth-order valence-electron chi connectivity index (χ4n) is 1.98. The van der Waals surface area contributed by atoms with Gasteiger partial charge in [-0.05, 0) is 12.1 Å². The molecule has 112 valence electrons. The minimum Gasteiger partial charge on any atom is -0.495 e. The van der Waals surface area contributed by atoms with Crippen LogP contribution in [0.3, 0.4) is 0 Å². The Bertz CT molecular complexity index is 606. The Morgan fingerprint density at radius 1 is 1.29 bits per heavy atom. The maximum atomic E-state index is 12.0. The number of carbonyl (C=O) groups is 3. The third kappa shape index (κ3) is 3.16. The van der Waals surface area contributed by atoms with Gasteiger partial charge < -0.3 is 14.8 Å². The third-order valence-corrected chi connectivity index (χ3v) is 3.65. The molecule has 0 bridgehead atoms. The van der Waals surface area contributed by atoms with Gasteiger partial charge in [0.15, 0.2) is 0 Å². The Labute approximate surface area is 126 Å². The standard InChI is InChI=1S/C14H14ClNO5/c1-20-11-6-8(14(19)21-2)5-10(12(11)15)16-13(18)7-3-9(17)4-7/h5-7H,3-4H2,1-2H3,(H,16,18). The molecule has 1 amide bonds. The molecule has 1 fully saturated rings. The van der Waals surface area contributed by atoms with E-state index in [1.165, 1.54) is 26.4 Å². The summed E-state index contributed by atoms with van der Waals surface area (Å²) in [4.78, 5) is 34.5. The molecule has 1 aliphatic rings. The highest BCUT2D eigenvalue weighted by Crippen LogP contribution is 2.35. The first-order valence-corrected chi connectivity index (χ1v) is 6.62. The maximum Gasteiger partial charge on any atom is 0.338 e. The molecule has 0 unspecified atom stereocenters. The summed E-state index contributed by atoms with van der Waals surface area (Å²) in [5, 5.41) is 2.80. The Morgan fingerprint density at radius 2 is 1.95 bits per heavy atom. The van der Waals surface area contributed by atoms with Gasteiger partial charge in [-0.2, -0.15) is 0 Å². The smallest absolute Gasteiger partial charge is 0.338 e. The van der Waals surface area contributed by atoms with Crippen molar-refractivity contribution in [1.29, 1.82) is 0 Å². The number of methoxy groups -OCH3 is 2. The fourth-order valence-corrected chi connectivity index (χ4v) is 2.22. The van der Waals surface area contributed by atoms with Crippen molar-refractivity contribution in [2.24, 2.45) is 5.92 Å². The average molecular weight is 312 g/mol. The molecule has 0 aromatic heterocycles. The second-order valence-electron chi connectivity index (χ2n) is 4.66. The van der Waals surface area contributed by atoms with Crippen molar-refractivity contribution in [2.75, 3.05) is 19.5 Å². The molecule has 0 saturated heterocycles. The van der Waals surface area contributed by atoms with Crippen LogP contribution in [-0.4, -0.2) is 31.9 Å². The lowest BCUT2D eigenvalue weighted by molar-refractivity contribution is -0.135. The number of benzene rings is 1. The molecule has 0 radical (unpaired) electrons. The molecule has 1 N–H and O–H groups in total. The molecule has 0 atom stereocenters. The first kappa shape index (κ1) is 15.3. The predicted octanol–water partition coefficient (Wildman–Crippen LogP) is 2.05. The minimum absolute atomic E-state index is 0.0575. The van der Waals surface area contributed by atoms with Crippen molar-refractivity contribution >= 4 is 34.9 Å². The summed E-state index contributed by atoms with van der Waals surface area (Å²) in [6, 6.07) is 2.84. The van der Waals surface area contributed by atoms with E-state index in [1.54, 1.807) is 0 Å². The Hall–Kier alpha value is -2.08. The number of nitrogens with one attached hydrogen (secondary N) is 1. The van der Waals surface area contributed by atoms with E-state index in [9.17, 15) is 14.4 Å². The molecule has 0 heterocycles. The summed E-state index contributed by atoms with van der Waals surface area (Å²) >= 11 is 6.11. The van der Waals surface area contributed by atoms with Gasteiger partial charge in [-0.1, -0.05) is 11.6 Å². The summed E-state index contributed by atoms with van der Waals surface area (Å²) in [5.74, 6) is -0.914. The number of ether oxygens (including phenoxy) is 2. The summed E-state index contributed by atoms with van der Waals surface area (Å²) in [7, 11) is 2.65. The van der Waals surface area contributed by atoms with Crippen LogP contribution in [0.25, 0.3) is 0 Å². The summed E-state index contributed by atoms with van der Waals surface area (Å²) in [6.07, 6.45) is 0.467. The Kier molecular flexibility index (Phi) is 4.47. The predicted molar refractivity (Wildman–Crippen MR) is 75.7 cm³/mol. The number of Topliss-reactive ketones (excluding diaryl/α,β-unsaturated/α-hetero) is 1. The van der Waals surface area contributed by atoms with Crippen molar-refractivity contribution in [1.82, 2.24) is 0 Å². The number of esters is 1.